The Labute approximate surface area is 147 Å². The Morgan fingerprint density at radius 2 is 1.64 bits per heavy atom. The zero-order chi connectivity index (χ0) is 15.5. The van der Waals surface area contributed by atoms with Crippen molar-refractivity contribution in [3.63, 3.8) is 0 Å². The van der Waals surface area contributed by atoms with Crippen LogP contribution in [-0.2, 0) is 0 Å². The summed E-state index contributed by atoms with van der Waals surface area (Å²) < 4.78 is 7.60. The van der Waals surface area contributed by atoms with Crippen molar-refractivity contribution in [2.75, 3.05) is 26.7 Å². The zero-order valence-corrected chi connectivity index (χ0v) is 16.5. The number of unbranched alkanes of at least 4 members (excludes halogenated alkanes) is 1. The van der Waals surface area contributed by atoms with Gasteiger partial charge in [0.1, 0.15) is 11.9 Å². The lowest BCUT2D eigenvalue weighted by Crippen LogP contribution is -3.00. The van der Waals surface area contributed by atoms with E-state index in [0.29, 0.717) is 6.10 Å². The van der Waals surface area contributed by atoms with Crippen LogP contribution in [0.25, 0.3) is 0 Å². The number of ether oxygens (including phenoxy) is 1. The second kappa shape index (κ2) is 8.35. The number of aryl methyl sites for hydroxylation is 3. The van der Waals surface area contributed by atoms with E-state index in [-0.39, 0.29) is 17.0 Å². The van der Waals surface area contributed by atoms with E-state index in [2.05, 4.69) is 46.9 Å². The van der Waals surface area contributed by atoms with Crippen LogP contribution >= 0.6 is 0 Å². The highest BCUT2D eigenvalue weighted by atomic mass is 79.9. The molecule has 126 valence electrons. The molecule has 0 bridgehead atoms. The Bertz CT molecular complexity index is 455. The zero-order valence-electron chi connectivity index (χ0n) is 14.9. The molecule has 1 fully saturated rings. The highest BCUT2D eigenvalue weighted by Crippen LogP contribution is 2.29. The molecule has 2 rings (SSSR count). The van der Waals surface area contributed by atoms with Crippen LogP contribution in [0.15, 0.2) is 12.1 Å². The number of hydrogen-bond acceptors (Lipinski definition) is 1. The predicted octanol–water partition coefficient (Wildman–Crippen LogP) is 1.40. The summed E-state index contributed by atoms with van der Waals surface area (Å²) in [5, 5.41) is 0. The fourth-order valence-electron chi connectivity index (χ4n) is 3.57. The van der Waals surface area contributed by atoms with Gasteiger partial charge in [-0.3, -0.25) is 0 Å². The number of piperidine rings is 1. The van der Waals surface area contributed by atoms with Gasteiger partial charge in [0.15, 0.2) is 0 Å². The van der Waals surface area contributed by atoms with E-state index in [1.54, 1.807) is 0 Å². The summed E-state index contributed by atoms with van der Waals surface area (Å²) >= 11 is 0. The van der Waals surface area contributed by atoms with Gasteiger partial charge in [-0.05, 0) is 38.3 Å². The fourth-order valence-corrected chi connectivity index (χ4v) is 3.57. The van der Waals surface area contributed by atoms with Crippen LogP contribution in [0.4, 0.5) is 0 Å². The summed E-state index contributed by atoms with van der Waals surface area (Å²) in [6, 6.07) is 4.46. The molecule has 2 nitrogen and oxygen atoms in total. The van der Waals surface area contributed by atoms with Crippen molar-refractivity contribution in [3.05, 3.63) is 28.8 Å². The van der Waals surface area contributed by atoms with Crippen LogP contribution in [0, 0.1) is 20.8 Å². The van der Waals surface area contributed by atoms with E-state index in [9.17, 15) is 0 Å². The maximum Gasteiger partial charge on any atom is 0.125 e. The van der Waals surface area contributed by atoms with Gasteiger partial charge < -0.3 is 26.2 Å². The molecular formula is C19H32BrNO. The normalized spacial score (nSPS) is 24.7. The Hall–Kier alpha value is -0.540. The molecule has 0 atom stereocenters. The lowest BCUT2D eigenvalue weighted by atomic mass is 10.0. The highest BCUT2D eigenvalue weighted by Gasteiger charge is 2.30. The summed E-state index contributed by atoms with van der Waals surface area (Å²) in [7, 11) is 2.41. The first kappa shape index (κ1) is 19.5. The van der Waals surface area contributed by atoms with Crippen LogP contribution in [0.1, 0.15) is 49.3 Å². The first-order valence-electron chi connectivity index (χ1n) is 8.51. The van der Waals surface area contributed by atoms with Gasteiger partial charge in [-0.15, -0.1) is 0 Å². The van der Waals surface area contributed by atoms with E-state index >= 15 is 0 Å². The maximum absolute atomic E-state index is 6.36. The van der Waals surface area contributed by atoms with Crippen molar-refractivity contribution in [1.29, 1.82) is 0 Å². The number of quaternary nitrogens is 1. The summed E-state index contributed by atoms with van der Waals surface area (Å²) in [5.74, 6) is 1.12. The summed E-state index contributed by atoms with van der Waals surface area (Å²) in [4.78, 5) is 0. The van der Waals surface area contributed by atoms with Crippen LogP contribution in [-0.4, -0.2) is 37.3 Å². The van der Waals surface area contributed by atoms with Gasteiger partial charge in [0.2, 0.25) is 0 Å². The molecule has 0 aliphatic carbocycles. The maximum atomic E-state index is 6.36. The minimum absolute atomic E-state index is 0. The quantitative estimate of drug-likeness (QED) is 0.713. The van der Waals surface area contributed by atoms with Crippen molar-refractivity contribution in [1.82, 2.24) is 0 Å². The Kier molecular flexibility index (Phi) is 7.40. The van der Waals surface area contributed by atoms with Gasteiger partial charge >= 0.3 is 0 Å². The Balaban J connectivity index is 0.00000242. The number of rotatable bonds is 5. The first-order chi connectivity index (χ1) is 9.93. The average Bonchev–Trinajstić information content (AvgIpc) is 2.43. The molecule has 1 aliphatic heterocycles. The van der Waals surface area contributed by atoms with Crippen LogP contribution in [0.2, 0.25) is 0 Å². The molecule has 1 heterocycles. The van der Waals surface area contributed by atoms with Crippen molar-refractivity contribution >= 4 is 0 Å². The minimum atomic E-state index is 0. The third-order valence-electron chi connectivity index (χ3n) is 4.92. The lowest BCUT2D eigenvalue weighted by molar-refractivity contribution is -0.915. The van der Waals surface area contributed by atoms with Crippen LogP contribution in [0.3, 0.4) is 0 Å². The van der Waals surface area contributed by atoms with Gasteiger partial charge in [-0.2, -0.15) is 0 Å². The standard InChI is InChI=1S/C19H32NO.BrH/c1-6-7-10-20(5)11-8-18(9-12-20)21-19-16(3)13-15(2)14-17(19)4;/h13-14,18H,6-12H2,1-5H3;1H/q+1;/p-1. The van der Waals surface area contributed by atoms with Crippen molar-refractivity contribution in [3.8, 4) is 5.75 Å². The van der Waals surface area contributed by atoms with Gasteiger partial charge in [0, 0.05) is 12.8 Å². The van der Waals surface area contributed by atoms with E-state index in [0.717, 1.165) is 5.75 Å². The second-order valence-electron chi connectivity index (χ2n) is 7.19. The fraction of sp³-hybridized carbons (Fsp3) is 0.684. The number of benzene rings is 1. The molecule has 0 unspecified atom stereocenters. The minimum Gasteiger partial charge on any atom is -1.00 e. The van der Waals surface area contributed by atoms with E-state index in [4.69, 9.17) is 4.74 Å². The topological polar surface area (TPSA) is 9.23 Å². The Morgan fingerprint density at radius 3 is 2.14 bits per heavy atom. The van der Waals surface area contributed by atoms with Gasteiger partial charge in [0.25, 0.3) is 0 Å². The van der Waals surface area contributed by atoms with Crippen molar-refractivity contribution in [2.45, 2.75) is 59.5 Å². The van der Waals surface area contributed by atoms with E-state index in [1.165, 1.54) is 66.5 Å². The number of hydrogen-bond donors (Lipinski definition) is 0. The van der Waals surface area contributed by atoms with Gasteiger partial charge in [0.05, 0.1) is 26.7 Å². The summed E-state index contributed by atoms with van der Waals surface area (Å²) in [5.41, 5.74) is 3.88. The number of likely N-dealkylation sites (tertiary alicyclic amines) is 1. The lowest BCUT2D eigenvalue weighted by Gasteiger charge is -2.40. The molecule has 0 saturated carbocycles. The van der Waals surface area contributed by atoms with Crippen LogP contribution in [0.5, 0.6) is 5.75 Å². The highest BCUT2D eigenvalue weighted by molar-refractivity contribution is 5.43. The molecule has 1 saturated heterocycles. The number of nitrogens with zero attached hydrogens (tertiary/aromatic N) is 1. The third kappa shape index (κ3) is 4.99. The van der Waals surface area contributed by atoms with Gasteiger partial charge in [-0.1, -0.05) is 31.0 Å². The predicted molar refractivity (Wildman–Crippen MR) is 90.0 cm³/mol. The molecular weight excluding hydrogens is 338 g/mol. The second-order valence-corrected chi connectivity index (χ2v) is 7.19. The van der Waals surface area contributed by atoms with Crippen molar-refractivity contribution < 1.29 is 26.2 Å². The molecule has 0 N–H and O–H groups in total. The van der Waals surface area contributed by atoms with Crippen LogP contribution < -0.4 is 21.7 Å². The molecule has 1 aromatic carbocycles. The van der Waals surface area contributed by atoms with Gasteiger partial charge in [-0.25, -0.2) is 0 Å². The Morgan fingerprint density at radius 1 is 1.09 bits per heavy atom. The molecule has 1 aromatic rings. The largest absolute Gasteiger partial charge is 1.00 e. The molecule has 0 amide bonds. The van der Waals surface area contributed by atoms with E-state index < -0.39 is 0 Å². The molecule has 3 heteroatoms. The average molecular weight is 370 g/mol. The number of halogens is 1. The summed E-state index contributed by atoms with van der Waals surface area (Å²) in [6.07, 6.45) is 5.42. The third-order valence-corrected chi connectivity index (χ3v) is 4.92. The first-order valence-corrected chi connectivity index (χ1v) is 8.51. The SMILES string of the molecule is CCCC[N+]1(C)CCC(Oc2c(C)cc(C)cc2C)CC1.[Br-]. The van der Waals surface area contributed by atoms with Crippen molar-refractivity contribution in [2.24, 2.45) is 0 Å². The van der Waals surface area contributed by atoms with E-state index in [1.807, 2.05) is 0 Å². The molecule has 0 radical (unpaired) electrons. The molecule has 0 aromatic heterocycles. The molecule has 0 spiro atoms. The smallest absolute Gasteiger partial charge is 0.125 e. The monoisotopic (exact) mass is 369 g/mol. The summed E-state index contributed by atoms with van der Waals surface area (Å²) in [6.45, 7) is 12.6. The molecule has 1 aliphatic rings. The molecule has 22 heavy (non-hydrogen) atoms.